The van der Waals surface area contributed by atoms with E-state index >= 15 is 0 Å². The Hall–Kier alpha value is -3.20. The van der Waals surface area contributed by atoms with Crippen molar-refractivity contribution >= 4 is 17.2 Å². The monoisotopic (exact) mass is 340 g/mol. The number of hydrazone groups is 1. The number of hydrogen-bond donors (Lipinski definition) is 0. The topological polar surface area (TPSA) is 32.7 Å². The van der Waals surface area contributed by atoms with Crippen LogP contribution in [0.5, 0.6) is 0 Å². The van der Waals surface area contributed by atoms with Gasteiger partial charge in [0, 0.05) is 12.0 Å². The van der Waals surface area contributed by atoms with E-state index in [0.29, 0.717) is 0 Å². The molecule has 3 aromatic carbocycles. The highest BCUT2D eigenvalue weighted by Gasteiger charge is 2.29. The Morgan fingerprint density at radius 3 is 2.12 bits per heavy atom. The van der Waals surface area contributed by atoms with Gasteiger partial charge in [-0.2, -0.15) is 5.10 Å². The zero-order chi connectivity index (χ0) is 17.9. The third-order valence-corrected chi connectivity index (χ3v) is 4.74. The maximum Gasteiger partial charge on any atom is 0.159 e. The number of anilines is 1. The molecule has 0 saturated carbocycles. The molecule has 0 aromatic heterocycles. The summed E-state index contributed by atoms with van der Waals surface area (Å²) >= 11 is 0. The van der Waals surface area contributed by atoms with Gasteiger partial charge in [0.15, 0.2) is 5.78 Å². The normalized spacial score (nSPS) is 16.4. The van der Waals surface area contributed by atoms with Crippen LogP contribution in [0.25, 0.3) is 0 Å². The van der Waals surface area contributed by atoms with Crippen molar-refractivity contribution in [3.05, 3.63) is 102 Å². The van der Waals surface area contributed by atoms with Gasteiger partial charge >= 0.3 is 0 Å². The van der Waals surface area contributed by atoms with Crippen molar-refractivity contribution in [1.82, 2.24) is 0 Å². The minimum Gasteiger partial charge on any atom is -0.295 e. The average Bonchev–Trinajstić information content (AvgIpc) is 3.15. The van der Waals surface area contributed by atoms with Gasteiger partial charge in [-0.15, -0.1) is 0 Å². The standard InChI is InChI=1S/C23H20N2O/c1-17(26)18-12-14-21(15-13-18)25-23(20-10-6-3-7-11-20)16-22(24-25)19-8-4-2-5-9-19/h2-15,23H,16H2,1H3. The fourth-order valence-corrected chi connectivity index (χ4v) is 3.34. The molecule has 0 saturated heterocycles. The Balaban J connectivity index is 1.73. The lowest BCUT2D eigenvalue weighted by atomic mass is 9.98. The van der Waals surface area contributed by atoms with Gasteiger partial charge in [0.2, 0.25) is 0 Å². The van der Waals surface area contributed by atoms with Crippen LogP contribution in [0, 0.1) is 0 Å². The summed E-state index contributed by atoms with van der Waals surface area (Å²) in [5, 5.41) is 7.00. The van der Waals surface area contributed by atoms with E-state index in [1.807, 2.05) is 48.5 Å². The maximum absolute atomic E-state index is 11.6. The number of ketones is 1. The van der Waals surface area contributed by atoms with Crippen molar-refractivity contribution in [2.24, 2.45) is 5.10 Å². The van der Waals surface area contributed by atoms with Gasteiger partial charge in [-0.3, -0.25) is 9.80 Å². The van der Waals surface area contributed by atoms with Crippen LogP contribution in [0.15, 0.2) is 90.0 Å². The molecule has 1 atom stereocenters. The average molecular weight is 340 g/mol. The van der Waals surface area contributed by atoms with Crippen LogP contribution in [0.3, 0.4) is 0 Å². The molecule has 0 spiro atoms. The number of rotatable bonds is 4. The van der Waals surface area contributed by atoms with Crippen molar-refractivity contribution in [3.63, 3.8) is 0 Å². The van der Waals surface area contributed by atoms with Crippen molar-refractivity contribution in [1.29, 1.82) is 0 Å². The summed E-state index contributed by atoms with van der Waals surface area (Å²) in [5.41, 5.74) is 5.18. The third kappa shape index (κ3) is 3.16. The zero-order valence-corrected chi connectivity index (χ0v) is 14.7. The van der Waals surface area contributed by atoms with Crippen LogP contribution in [-0.4, -0.2) is 11.5 Å². The van der Waals surface area contributed by atoms with Crippen molar-refractivity contribution < 1.29 is 4.79 Å². The van der Waals surface area contributed by atoms with Gasteiger partial charge in [0.1, 0.15) is 0 Å². The second kappa shape index (κ2) is 6.96. The summed E-state index contributed by atoms with van der Waals surface area (Å²) in [5.74, 6) is 0.0751. The number of carbonyl (C=O) groups is 1. The molecule has 4 rings (SSSR count). The van der Waals surface area contributed by atoms with Gasteiger partial charge in [-0.25, -0.2) is 0 Å². The summed E-state index contributed by atoms with van der Waals surface area (Å²) in [6, 6.07) is 28.6. The van der Waals surface area contributed by atoms with E-state index in [1.165, 1.54) is 5.56 Å². The van der Waals surface area contributed by atoms with Crippen molar-refractivity contribution in [2.75, 3.05) is 5.01 Å². The first-order valence-electron chi connectivity index (χ1n) is 8.80. The van der Waals surface area contributed by atoms with Gasteiger partial charge < -0.3 is 0 Å². The molecule has 1 aliphatic heterocycles. The van der Waals surface area contributed by atoms with E-state index in [0.717, 1.165) is 28.9 Å². The molecule has 3 heteroatoms. The van der Waals surface area contributed by atoms with Crippen molar-refractivity contribution in [3.8, 4) is 0 Å². The minimum absolute atomic E-state index is 0.0751. The highest BCUT2D eigenvalue weighted by molar-refractivity contribution is 6.03. The maximum atomic E-state index is 11.6. The van der Waals surface area contributed by atoms with Crippen LogP contribution in [0.1, 0.15) is 40.9 Å². The van der Waals surface area contributed by atoms with Crippen molar-refractivity contribution in [2.45, 2.75) is 19.4 Å². The molecule has 1 aliphatic rings. The Bertz CT molecular complexity index is 931. The number of Topliss-reactive ketones (excluding diaryl/α,β-unsaturated/α-hetero) is 1. The van der Waals surface area contributed by atoms with Crippen LogP contribution >= 0.6 is 0 Å². The van der Waals surface area contributed by atoms with E-state index in [9.17, 15) is 4.79 Å². The lowest BCUT2D eigenvalue weighted by Gasteiger charge is -2.24. The molecule has 0 radical (unpaired) electrons. The largest absolute Gasteiger partial charge is 0.295 e. The Kier molecular flexibility index (Phi) is 4.36. The summed E-state index contributed by atoms with van der Waals surface area (Å²) in [6.45, 7) is 1.59. The van der Waals surface area contributed by atoms with Gasteiger partial charge in [-0.05, 0) is 42.3 Å². The second-order valence-corrected chi connectivity index (χ2v) is 6.49. The quantitative estimate of drug-likeness (QED) is 0.608. The second-order valence-electron chi connectivity index (χ2n) is 6.49. The predicted molar refractivity (Wildman–Crippen MR) is 106 cm³/mol. The number of benzene rings is 3. The molecular weight excluding hydrogens is 320 g/mol. The molecule has 3 aromatic rings. The summed E-state index contributed by atoms with van der Waals surface area (Å²) in [4.78, 5) is 11.6. The molecule has 0 amide bonds. The Labute approximate surface area is 153 Å². The third-order valence-electron chi connectivity index (χ3n) is 4.74. The zero-order valence-electron chi connectivity index (χ0n) is 14.7. The van der Waals surface area contributed by atoms with Gasteiger partial charge in [0.05, 0.1) is 17.4 Å². The molecule has 0 N–H and O–H groups in total. The van der Waals surface area contributed by atoms with Gasteiger partial charge in [-0.1, -0.05) is 60.7 Å². The first-order chi connectivity index (χ1) is 12.7. The molecule has 3 nitrogen and oxygen atoms in total. The smallest absolute Gasteiger partial charge is 0.159 e. The Morgan fingerprint density at radius 2 is 1.50 bits per heavy atom. The fourth-order valence-electron chi connectivity index (χ4n) is 3.34. The SMILES string of the molecule is CC(=O)c1ccc(N2N=C(c3ccccc3)CC2c2ccccc2)cc1. The number of nitrogens with zero attached hydrogens (tertiary/aromatic N) is 2. The lowest BCUT2D eigenvalue weighted by molar-refractivity contribution is 0.101. The highest BCUT2D eigenvalue weighted by Crippen LogP contribution is 2.36. The van der Waals surface area contributed by atoms with E-state index in [1.54, 1.807) is 6.92 Å². The number of hydrogen-bond acceptors (Lipinski definition) is 3. The summed E-state index contributed by atoms with van der Waals surface area (Å²) in [7, 11) is 0. The highest BCUT2D eigenvalue weighted by atomic mass is 16.1. The molecule has 26 heavy (non-hydrogen) atoms. The molecule has 0 fully saturated rings. The Morgan fingerprint density at radius 1 is 0.885 bits per heavy atom. The van der Waals surface area contributed by atoms with Crippen LogP contribution < -0.4 is 5.01 Å². The number of carbonyl (C=O) groups excluding carboxylic acids is 1. The predicted octanol–water partition coefficient (Wildman–Crippen LogP) is 5.24. The first kappa shape index (κ1) is 16.3. The molecule has 0 bridgehead atoms. The van der Waals surface area contributed by atoms with Crippen LogP contribution in [0.4, 0.5) is 5.69 Å². The lowest BCUT2D eigenvalue weighted by Crippen LogP contribution is -2.18. The fraction of sp³-hybridized carbons (Fsp3) is 0.130. The first-order valence-corrected chi connectivity index (χ1v) is 8.80. The van der Waals surface area contributed by atoms with E-state index in [2.05, 4.69) is 41.4 Å². The molecule has 1 unspecified atom stereocenters. The van der Waals surface area contributed by atoms with E-state index < -0.39 is 0 Å². The molecule has 128 valence electrons. The van der Waals surface area contributed by atoms with E-state index in [4.69, 9.17) is 5.10 Å². The van der Waals surface area contributed by atoms with E-state index in [-0.39, 0.29) is 11.8 Å². The molecule has 0 aliphatic carbocycles. The van der Waals surface area contributed by atoms with Crippen LogP contribution in [0.2, 0.25) is 0 Å². The molecular formula is C23H20N2O. The summed E-state index contributed by atoms with van der Waals surface area (Å²) < 4.78 is 0. The van der Waals surface area contributed by atoms with Gasteiger partial charge in [0.25, 0.3) is 0 Å². The summed E-state index contributed by atoms with van der Waals surface area (Å²) in [6.07, 6.45) is 0.850. The van der Waals surface area contributed by atoms with Crippen LogP contribution in [-0.2, 0) is 0 Å². The minimum atomic E-state index is 0.0751. The molecule has 1 heterocycles.